The molecule has 0 radical (unpaired) electrons. The molecule has 0 aromatic heterocycles. The Morgan fingerprint density at radius 2 is 1.92 bits per heavy atom. The number of benzene rings is 1. The molecule has 60 valence electrons. The van der Waals surface area contributed by atoms with E-state index in [9.17, 15) is 0 Å². The highest BCUT2D eigenvalue weighted by Gasteiger charge is 2.07. The van der Waals surface area contributed by atoms with E-state index in [1.807, 2.05) is 43.5 Å². The summed E-state index contributed by atoms with van der Waals surface area (Å²) in [6, 6.07) is 10.1. The summed E-state index contributed by atoms with van der Waals surface area (Å²) in [7, 11) is 0. The van der Waals surface area contributed by atoms with Crippen molar-refractivity contribution in [2.75, 3.05) is 0 Å². The van der Waals surface area contributed by atoms with Crippen LogP contribution in [0.5, 0.6) is 0 Å². The first-order chi connectivity index (χ1) is 5.86. The molecule has 1 aromatic carbocycles. The lowest BCUT2D eigenvalue weighted by molar-refractivity contribution is 0.816. The molecular formula is C10H10N2. The number of aliphatic imine (C=N–C) groups is 2. The zero-order valence-electron chi connectivity index (χ0n) is 6.94. The van der Waals surface area contributed by atoms with E-state index in [1.54, 1.807) is 0 Å². The number of nitrogens with zero attached hydrogens (tertiary/aromatic N) is 2. The molecule has 0 saturated heterocycles. The third-order valence-electron chi connectivity index (χ3n) is 1.81. The summed E-state index contributed by atoms with van der Waals surface area (Å²) in [6.45, 7) is 1.98. The largest absolute Gasteiger partial charge is 0.265 e. The molecular weight excluding hydrogens is 148 g/mol. The summed E-state index contributed by atoms with van der Waals surface area (Å²) < 4.78 is 0. The van der Waals surface area contributed by atoms with Crippen molar-refractivity contribution < 1.29 is 0 Å². The zero-order valence-corrected chi connectivity index (χ0v) is 6.94. The molecule has 1 heterocycles. The minimum Gasteiger partial charge on any atom is -0.265 e. The molecule has 0 amide bonds. The van der Waals surface area contributed by atoms with Gasteiger partial charge in [0, 0.05) is 11.8 Å². The first kappa shape index (κ1) is 7.22. The van der Waals surface area contributed by atoms with E-state index >= 15 is 0 Å². The molecule has 0 spiro atoms. The second-order valence-corrected chi connectivity index (χ2v) is 2.79. The molecule has 0 bridgehead atoms. The quantitative estimate of drug-likeness (QED) is 0.596. The van der Waals surface area contributed by atoms with Gasteiger partial charge in [-0.25, -0.2) is 0 Å². The molecule has 1 atom stereocenters. The maximum Gasteiger partial charge on any atom is 0.137 e. The fraction of sp³-hybridized carbons (Fsp3) is 0.200. The van der Waals surface area contributed by atoms with Crippen molar-refractivity contribution in [1.29, 1.82) is 0 Å². The SMILES string of the molecule is CC1N=CC(c2ccccc2)=N1. The van der Waals surface area contributed by atoms with Crippen LogP contribution in [0.4, 0.5) is 0 Å². The second-order valence-electron chi connectivity index (χ2n) is 2.79. The van der Waals surface area contributed by atoms with Crippen LogP contribution in [0, 0.1) is 0 Å². The topological polar surface area (TPSA) is 24.7 Å². The van der Waals surface area contributed by atoms with E-state index in [4.69, 9.17) is 0 Å². The lowest BCUT2D eigenvalue weighted by Crippen LogP contribution is -1.98. The highest BCUT2D eigenvalue weighted by atomic mass is 15.0. The van der Waals surface area contributed by atoms with E-state index in [0.29, 0.717) is 0 Å². The maximum atomic E-state index is 4.35. The van der Waals surface area contributed by atoms with Gasteiger partial charge in [0.25, 0.3) is 0 Å². The van der Waals surface area contributed by atoms with Crippen LogP contribution < -0.4 is 0 Å². The second kappa shape index (κ2) is 2.89. The van der Waals surface area contributed by atoms with Crippen LogP contribution >= 0.6 is 0 Å². The van der Waals surface area contributed by atoms with Crippen LogP contribution in [0.25, 0.3) is 0 Å². The summed E-state index contributed by atoms with van der Waals surface area (Å²) in [4.78, 5) is 8.52. The van der Waals surface area contributed by atoms with Crippen molar-refractivity contribution in [3.63, 3.8) is 0 Å². The smallest absolute Gasteiger partial charge is 0.137 e. The van der Waals surface area contributed by atoms with Crippen LogP contribution in [0.1, 0.15) is 12.5 Å². The highest BCUT2D eigenvalue weighted by molar-refractivity contribution is 6.39. The molecule has 2 nitrogen and oxygen atoms in total. The molecule has 2 heteroatoms. The predicted octanol–water partition coefficient (Wildman–Crippen LogP) is 1.91. The summed E-state index contributed by atoms with van der Waals surface area (Å²) in [5.74, 6) is 0. The molecule has 1 unspecified atom stereocenters. The van der Waals surface area contributed by atoms with Gasteiger partial charge in [0.1, 0.15) is 6.17 Å². The van der Waals surface area contributed by atoms with Crippen molar-refractivity contribution in [2.45, 2.75) is 13.1 Å². The summed E-state index contributed by atoms with van der Waals surface area (Å²) in [6.07, 6.45) is 1.93. The van der Waals surface area contributed by atoms with Gasteiger partial charge in [-0.1, -0.05) is 30.3 Å². The molecule has 12 heavy (non-hydrogen) atoms. The molecule has 0 fully saturated rings. The van der Waals surface area contributed by atoms with Gasteiger partial charge in [-0.2, -0.15) is 0 Å². The van der Waals surface area contributed by atoms with Gasteiger partial charge in [-0.05, 0) is 6.92 Å². The molecule has 0 N–H and O–H groups in total. The number of rotatable bonds is 1. The van der Waals surface area contributed by atoms with E-state index in [2.05, 4.69) is 9.98 Å². The first-order valence-corrected chi connectivity index (χ1v) is 4.02. The van der Waals surface area contributed by atoms with Crippen LogP contribution in [-0.2, 0) is 0 Å². The Labute approximate surface area is 71.7 Å². The predicted molar refractivity (Wildman–Crippen MR) is 50.9 cm³/mol. The van der Waals surface area contributed by atoms with E-state index < -0.39 is 0 Å². The van der Waals surface area contributed by atoms with Gasteiger partial charge in [-0.15, -0.1) is 0 Å². The number of hydrogen-bond acceptors (Lipinski definition) is 2. The number of hydrogen-bond donors (Lipinski definition) is 0. The van der Waals surface area contributed by atoms with E-state index in [0.717, 1.165) is 11.3 Å². The van der Waals surface area contributed by atoms with Gasteiger partial charge < -0.3 is 0 Å². The third kappa shape index (κ3) is 1.28. The van der Waals surface area contributed by atoms with Crippen LogP contribution in [0.15, 0.2) is 40.3 Å². The van der Waals surface area contributed by atoms with Crippen molar-refractivity contribution >= 4 is 11.9 Å². The van der Waals surface area contributed by atoms with Gasteiger partial charge in [0.2, 0.25) is 0 Å². The third-order valence-corrected chi connectivity index (χ3v) is 1.81. The van der Waals surface area contributed by atoms with Gasteiger partial charge in [-0.3, -0.25) is 9.98 Å². The van der Waals surface area contributed by atoms with Crippen molar-refractivity contribution in [3.8, 4) is 0 Å². The fourth-order valence-corrected chi connectivity index (χ4v) is 1.20. The average molecular weight is 158 g/mol. The van der Waals surface area contributed by atoms with Crippen LogP contribution in [0.3, 0.4) is 0 Å². The molecule has 1 aliphatic rings. The summed E-state index contributed by atoms with van der Waals surface area (Å²) >= 11 is 0. The lowest BCUT2D eigenvalue weighted by Gasteiger charge is -1.95. The first-order valence-electron chi connectivity index (χ1n) is 4.02. The van der Waals surface area contributed by atoms with Crippen molar-refractivity contribution in [3.05, 3.63) is 35.9 Å². The van der Waals surface area contributed by atoms with E-state index in [1.165, 1.54) is 0 Å². The van der Waals surface area contributed by atoms with Crippen LogP contribution in [0.2, 0.25) is 0 Å². The Kier molecular flexibility index (Phi) is 1.74. The van der Waals surface area contributed by atoms with Crippen molar-refractivity contribution in [1.82, 2.24) is 0 Å². The zero-order chi connectivity index (χ0) is 8.39. The molecule has 0 aliphatic carbocycles. The summed E-state index contributed by atoms with van der Waals surface area (Å²) in [5.41, 5.74) is 2.13. The monoisotopic (exact) mass is 158 g/mol. The molecule has 1 aliphatic heterocycles. The average Bonchev–Trinajstić information content (AvgIpc) is 2.54. The normalized spacial score (nSPS) is 21.1. The Balaban J connectivity index is 2.34. The highest BCUT2D eigenvalue weighted by Crippen LogP contribution is 2.07. The Morgan fingerprint density at radius 1 is 1.17 bits per heavy atom. The molecule has 0 saturated carbocycles. The Morgan fingerprint density at radius 3 is 2.50 bits per heavy atom. The fourth-order valence-electron chi connectivity index (χ4n) is 1.20. The Bertz CT molecular complexity index is 325. The van der Waals surface area contributed by atoms with E-state index in [-0.39, 0.29) is 6.17 Å². The molecule has 1 aromatic rings. The minimum atomic E-state index is 0.0974. The Hall–Kier alpha value is -1.44. The standard InChI is InChI=1S/C10H10N2/c1-8-11-7-10(12-8)9-5-3-2-4-6-9/h2-8H,1H3. The van der Waals surface area contributed by atoms with Gasteiger partial charge in [0.15, 0.2) is 0 Å². The van der Waals surface area contributed by atoms with Gasteiger partial charge in [0.05, 0.1) is 5.71 Å². The molecule has 2 rings (SSSR count). The lowest BCUT2D eigenvalue weighted by atomic mass is 10.1. The maximum absolute atomic E-state index is 4.35. The van der Waals surface area contributed by atoms with Gasteiger partial charge >= 0.3 is 0 Å². The van der Waals surface area contributed by atoms with Crippen molar-refractivity contribution in [2.24, 2.45) is 9.98 Å². The minimum absolute atomic E-state index is 0.0974. The summed E-state index contributed by atoms with van der Waals surface area (Å²) in [5, 5.41) is 0. The van der Waals surface area contributed by atoms with Crippen LogP contribution in [-0.4, -0.2) is 18.1 Å².